The van der Waals surface area contributed by atoms with Crippen molar-refractivity contribution in [2.75, 3.05) is 13.3 Å². The molecule has 0 atom stereocenters. The summed E-state index contributed by atoms with van der Waals surface area (Å²) in [5.74, 6) is 0.798. The monoisotopic (exact) mass is 524 g/mol. The molecule has 5 rings (SSSR count). The molecule has 0 aliphatic heterocycles. The summed E-state index contributed by atoms with van der Waals surface area (Å²) >= 11 is 1.40. The summed E-state index contributed by atoms with van der Waals surface area (Å²) in [5.41, 5.74) is 3.87. The summed E-state index contributed by atoms with van der Waals surface area (Å²) < 4.78 is 21.8. The number of carbonyl (C=O) groups is 1. The van der Waals surface area contributed by atoms with E-state index in [1.807, 2.05) is 26.8 Å². The molecule has 188 valence electrons. The Morgan fingerprint density at radius 1 is 1.25 bits per heavy atom. The second-order valence-corrected chi connectivity index (χ2v) is 14.4. The minimum absolute atomic E-state index is 0.197. The molecule has 2 N–H and O–H groups in total. The SMILES string of the molecule is Cc1cnc(Oc2c(-c3cn(C)c(=O)c4[nH]c(C(=O)NC5CC5)cc34)sc(P(C)(C)=O)c2C)c(C)c1. The summed E-state index contributed by atoms with van der Waals surface area (Å²) in [4.78, 5) is 34.0. The fraction of sp³-hybridized carbons (Fsp3) is 0.346. The molecule has 0 spiro atoms. The molecule has 1 aliphatic rings. The van der Waals surface area contributed by atoms with Crippen LogP contribution in [0.2, 0.25) is 0 Å². The van der Waals surface area contributed by atoms with E-state index in [0.29, 0.717) is 28.2 Å². The molecule has 1 aliphatic carbocycles. The van der Waals surface area contributed by atoms with Crippen LogP contribution < -0.4 is 20.2 Å². The van der Waals surface area contributed by atoms with Gasteiger partial charge < -0.3 is 24.2 Å². The zero-order chi connectivity index (χ0) is 25.9. The number of nitrogens with zero attached hydrogens (tertiary/aromatic N) is 2. The molecule has 1 fully saturated rings. The van der Waals surface area contributed by atoms with Crippen molar-refractivity contribution in [3.63, 3.8) is 0 Å². The number of amides is 1. The average molecular weight is 525 g/mol. The average Bonchev–Trinajstić information content (AvgIpc) is 3.38. The van der Waals surface area contributed by atoms with Gasteiger partial charge in [0.1, 0.15) is 18.4 Å². The fourth-order valence-corrected chi connectivity index (χ4v) is 7.40. The predicted molar refractivity (Wildman–Crippen MR) is 145 cm³/mol. The minimum atomic E-state index is -2.63. The molecule has 1 amide bonds. The quantitative estimate of drug-likeness (QED) is 0.351. The van der Waals surface area contributed by atoms with E-state index in [2.05, 4.69) is 15.3 Å². The Hall–Kier alpha value is -3.16. The maximum atomic E-state index is 13.2. The first-order valence-electron chi connectivity index (χ1n) is 11.8. The summed E-state index contributed by atoms with van der Waals surface area (Å²) in [6.07, 6.45) is 5.43. The Morgan fingerprint density at radius 3 is 2.61 bits per heavy atom. The lowest BCUT2D eigenvalue weighted by molar-refractivity contribution is 0.0947. The molecule has 1 saturated carbocycles. The van der Waals surface area contributed by atoms with Crippen molar-refractivity contribution in [1.82, 2.24) is 19.9 Å². The fourth-order valence-electron chi connectivity index (χ4n) is 4.34. The first-order valence-corrected chi connectivity index (χ1v) is 15.2. The van der Waals surface area contributed by atoms with Crippen LogP contribution in [-0.4, -0.2) is 39.8 Å². The van der Waals surface area contributed by atoms with Gasteiger partial charge in [0.05, 0.1) is 9.50 Å². The van der Waals surface area contributed by atoms with Crippen molar-refractivity contribution < 1.29 is 14.1 Å². The summed E-state index contributed by atoms with van der Waals surface area (Å²) in [6, 6.07) is 3.91. The van der Waals surface area contributed by atoms with E-state index in [0.717, 1.165) is 44.6 Å². The highest BCUT2D eigenvalue weighted by atomic mass is 32.1. The van der Waals surface area contributed by atoms with Gasteiger partial charge in [-0.2, -0.15) is 0 Å². The zero-order valence-corrected chi connectivity index (χ0v) is 22.9. The second-order valence-electron chi connectivity index (χ2n) is 9.96. The zero-order valence-electron chi connectivity index (χ0n) is 21.2. The lowest BCUT2D eigenvalue weighted by atomic mass is 10.1. The van der Waals surface area contributed by atoms with Gasteiger partial charge in [0.2, 0.25) is 5.88 Å². The Balaban J connectivity index is 1.73. The van der Waals surface area contributed by atoms with E-state index in [1.54, 1.807) is 38.8 Å². The summed E-state index contributed by atoms with van der Waals surface area (Å²) in [5, 5.41) is 3.58. The van der Waals surface area contributed by atoms with E-state index < -0.39 is 7.14 Å². The number of hydrogen-bond acceptors (Lipinski definition) is 6. The van der Waals surface area contributed by atoms with Crippen LogP contribution in [-0.2, 0) is 11.6 Å². The molecule has 0 unspecified atom stereocenters. The Bertz CT molecular complexity index is 1640. The van der Waals surface area contributed by atoms with Crippen LogP contribution in [0, 0.1) is 20.8 Å². The van der Waals surface area contributed by atoms with Crippen LogP contribution in [0.25, 0.3) is 21.3 Å². The van der Waals surface area contributed by atoms with Gasteiger partial charge in [-0.25, -0.2) is 4.98 Å². The molecule has 0 radical (unpaired) electrons. The van der Waals surface area contributed by atoms with E-state index >= 15 is 0 Å². The van der Waals surface area contributed by atoms with Gasteiger partial charge in [-0.1, -0.05) is 0 Å². The first kappa shape index (κ1) is 24.5. The molecule has 4 heterocycles. The Labute approximate surface area is 213 Å². The number of nitrogens with one attached hydrogen (secondary N) is 2. The molecular weight excluding hydrogens is 495 g/mol. The van der Waals surface area contributed by atoms with Gasteiger partial charge in [-0.3, -0.25) is 9.59 Å². The number of fused-ring (bicyclic) bond motifs is 1. The highest BCUT2D eigenvalue weighted by Crippen LogP contribution is 2.49. The van der Waals surface area contributed by atoms with E-state index in [-0.39, 0.29) is 17.5 Å². The van der Waals surface area contributed by atoms with Crippen molar-refractivity contribution in [1.29, 1.82) is 0 Å². The Morgan fingerprint density at radius 2 is 1.97 bits per heavy atom. The highest BCUT2D eigenvalue weighted by Gasteiger charge is 2.29. The van der Waals surface area contributed by atoms with Crippen molar-refractivity contribution in [3.05, 3.63) is 57.3 Å². The van der Waals surface area contributed by atoms with E-state index in [9.17, 15) is 14.2 Å². The number of aromatic amines is 1. The van der Waals surface area contributed by atoms with Crippen LogP contribution in [0.5, 0.6) is 11.6 Å². The number of rotatable bonds is 6. The molecular formula is C26H29N4O4PS. The number of aryl methyl sites for hydroxylation is 3. The van der Waals surface area contributed by atoms with Crippen LogP contribution in [0.1, 0.15) is 40.0 Å². The van der Waals surface area contributed by atoms with E-state index in [4.69, 9.17) is 4.74 Å². The van der Waals surface area contributed by atoms with Crippen molar-refractivity contribution >= 4 is 39.9 Å². The Kier molecular flexibility index (Phi) is 5.96. The normalized spacial score (nSPS) is 13.8. The lowest BCUT2D eigenvalue weighted by Gasteiger charge is -2.12. The predicted octanol–water partition coefficient (Wildman–Crippen LogP) is 4.85. The van der Waals surface area contributed by atoms with E-state index in [1.165, 1.54) is 15.9 Å². The molecule has 4 aromatic rings. The lowest BCUT2D eigenvalue weighted by Crippen LogP contribution is -2.25. The van der Waals surface area contributed by atoms with Crippen LogP contribution in [0.15, 0.2) is 29.3 Å². The summed E-state index contributed by atoms with van der Waals surface area (Å²) in [7, 11) is -0.955. The molecule has 8 nitrogen and oxygen atoms in total. The summed E-state index contributed by atoms with van der Waals surface area (Å²) in [6.45, 7) is 9.28. The number of carbonyl (C=O) groups excluding carboxylic acids is 1. The number of H-pyrrole nitrogens is 1. The third kappa shape index (κ3) is 4.42. The van der Waals surface area contributed by atoms with Crippen LogP contribution >= 0.6 is 18.5 Å². The topological polar surface area (TPSA) is 106 Å². The molecule has 0 saturated heterocycles. The van der Waals surface area contributed by atoms with Gasteiger partial charge in [0.25, 0.3) is 11.5 Å². The molecule has 36 heavy (non-hydrogen) atoms. The molecule has 0 aromatic carbocycles. The highest BCUT2D eigenvalue weighted by molar-refractivity contribution is 7.76. The maximum absolute atomic E-state index is 13.2. The number of ether oxygens (including phenoxy) is 1. The van der Waals surface area contributed by atoms with Gasteiger partial charge in [-0.05, 0) is 64.6 Å². The molecule has 4 aromatic heterocycles. The standard InChI is InChI=1S/C26H29N4O4PS/c1-13-9-14(2)24(27-11-13)34-21-15(3)26(35(5,6)33)36-22(21)18-12-30(4)25(32)20-17(18)10-19(29-20)23(31)28-16-7-8-16/h9-12,16,29H,7-8H2,1-6H3,(H,28,31). The smallest absolute Gasteiger partial charge is 0.274 e. The van der Waals surface area contributed by atoms with Gasteiger partial charge in [0.15, 0.2) is 5.75 Å². The first-order chi connectivity index (χ1) is 16.9. The van der Waals surface area contributed by atoms with Crippen molar-refractivity contribution in [2.24, 2.45) is 7.05 Å². The number of aromatic nitrogens is 3. The van der Waals surface area contributed by atoms with Gasteiger partial charge in [-0.15, -0.1) is 11.3 Å². The number of thiophene rings is 1. The third-order valence-electron chi connectivity index (χ3n) is 6.29. The van der Waals surface area contributed by atoms with Crippen molar-refractivity contribution in [2.45, 2.75) is 39.7 Å². The van der Waals surface area contributed by atoms with Gasteiger partial charge >= 0.3 is 0 Å². The van der Waals surface area contributed by atoms with Crippen molar-refractivity contribution in [3.8, 4) is 22.1 Å². The third-order valence-corrected chi connectivity index (χ3v) is 10.3. The molecule has 10 heteroatoms. The second kappa shape index (κ2) is 8.75. The number of hydrogen-bond donors (Lipinski definition) is 2. The van der Waals surface area contributed by atoms with Crippen LogP contribution in [0.4, 0.5) is 0 Å². The maximum Gasteiger partial charge on any atom is 0.274 e. The largest absolute Gasteiger partial charge is 0.437 e. The number of pyridine rings is 2. The van der Waals surface area contributed by atoms with Gasteiger partial charge in [0, 0.05) is 47.6 Å². The van der Waals surface area contributed by atoms with Crippen LogP contribution in [0.3, 0.4) is 0 Å². The molecule has 0 bridgehead atoms. The minimum Gasteiger partial charge on any atom is -0.437 e.